The second kappa shape index (κ2) is 3.80. The summed E-state index contributed by atoms with van der Waals surface area (Å²) in [5, 5.41) is 9.02. The van der Waals surface area contributed by atoms with Crippen LogP contribution in [0.2, 0.25) is 0 Å². The van der Waals surface area contributed by atoms with Gasteiger partial charge in [0.25, 0.3) is 0 Å². The first-order chi connectivity index (χ1) is 6.15. The molecule has 4 nitrogen and oxygen atoms in total. The zero-order chi connectivity index (χ0) is 9.84. The molecule has 0 bridgehead atoms. The van der Waals surface area contributed by atoms with Crippen LogP contribution in [-0.4, -0.2) is 17.7 Å². The van der Waals surface area contributed by atoms with E-state index in [-0.39, 0.29) is 17.0 Å². The highest BCUT2D eigenvalue weighted by Crippen LogP contribution is 2.19. The Hall–Kier alpha value is -1.71. The van der Waals surface area contributed by atoms with Crippen molar-refractivity contribution in [2.24, 2.45) is 0 Å². The molecule has 0 radical (unpaired) electrons. The lowest BCUT2D eigenvalue weighted by atomic mass is 10.2. The van der Waals surface area contributed by atoms with Gasteiger partial charge in [0.2, 0.25) is 0 Å². The monoisotopic (exact) mass is 181 g/mol. The molecule has 0 atom stereocenters. The summed E-state index contributed by atoms with van der Waals surface area (Å²) >= 11 is 0. The molecule has 0 aliphatic heterocycles. The molecular weight excluding hydrogens is 170 g/mol. The van der Waals surface area contributed by atoms with E-state index in [0.29, 0.717) is 6.61 Å². The van der Waals surface area contributed by atoms with E-state index >= 15 is 0 Å². The quantitative estimate of drug-likeness (QED) is 0.530. The summed E-state index contributed by atoms with van der Waals surface area (Å²) in [6.45, 7) is 2.02. The normalized spacial score (nSPS) is 9.62. The van der Waals surface area contributed by atoms with Crippen molar-refractivity contribution in [2.75, 3.05) is 12.3 Å². The Morgan fingerprint density at radius 2 is 2.31 bits per heavy atom. The Bertz CT molecular complexity index is 323. The molecule has 1 aromatic rings. The molecule has 0 spiro atoms. The number of nitrogens with two attached hydrogens (primary N) is 1. The summed E-state index contributed by atoms with van der Waals surface area (Å²) in [4.78, 5) is 11.2. The van der Waals surface area contributed by atoms with Crippen molar-refractivity contribution >= 4 is 11.7 Å². The molecule has 0 aromatic heterocycles. The summed E-state index contributed by atoms with van der Waals surface area (Å²) in [6, 6.07) is 4.14. The molecule has 0 saturated carbocycles. The zero-order valence-corrected chi connectivity index (χ0v) is 7.28. The summed E-state index contributed by atoms with van der Waals surface area (Å²) in [5.41, 5.74) is 5.99. The highest BCUT2D eigenvalue weighted by Gasteiger charge is 2.10. The van der Waals surface area contributed by atoms with E-state index in [0.717, 1.165) is 0 Å². The maximum absolute atomic E-state index is 11.2. The van der Waals surface area contributed by atoms with E-state index < -0.39 is 5.97 Å². The fourth-order valence-corrected chi connectivity index (χ4v) is 0.945. The molecule has 70 valence electrons. The van der Waals surface area contributed by atoms with Gasteiger partial charge in [-0.25, -0.2) is 4.79 Å². The largest absolute Gasteiger partial charge is 0.508 e. The van der Waals surface area contributed by atoms with Gasteiger partial charge in [-0.3, -0.25) is 0 Å². The number of esters is 1. The van der Waals surface area contributed by atoms with Gasteiger partial charge in [0.1, 0.15) is 5.75 Å². The van der Waals surface area contributed by atoms with Crippen LogP contribution >= 0.6 is 0 Å². The first-order valence-corrected chi connectivity index (χ1v) is 3.90. The van der Waals surface area contributed by atoms with Gasteiger partial charge in [-0.05, 0) is 19.1 Å². The van der Waals surface area contributed by atoms with Crippen LogP contribution in [0.5, 0.6) is 5.75 Å². The molecule has 4 heteroatoms. The van der Waals surface area contributed by atoms with Crippen molar-refractivity contribution in [3.05, 3.63) is 23.8 Å². The van der Waals surface area contributed by atoms with Crippen LogP contribution in [-0.2, 0) is 4.74 Å². The van der Waals surface area contributed by atoms with Crippen LogP contribution in [0.1, 0.15) is 17.3 Å². The molecule has 1 aromatic carbocycles. The Labute approximate surface area is 75.9 Å². The Morgan fingerprint density at radius 3 is 2.85 bits per heavy atom. The lowest BCUT2D eigenvalue weighted by Gasteiger charge is -2.04. The Morgan fingerprint density at radius 1 is 1.62 bits per heavy atom. The number of nitrogen functional groups attached to an aromatic ring is 1. The molecule has 3 N–H and O–H groups in total. The van der Waals surface area contributed by atoms with Crippen molar-refractivity contribution in [3.63, 3.8) is 0 Å². The number of ether oxygens (including phenoxy) is 1. The number of hydrogen-bond acceptors (Lipinski definition) is 4. The Kier molecular flexibility index (Phi) is 2.74. The van der Waals surface area contributed by atoms with E-state index in [2.05, 4.69) is 0 Å². The number of rotatable bonds is 2. The Balaban J connectivity index is 2.95. The number of aromatic hydroxyl groups is 1. The standard InChI is InChI=1S/C9H11NO3/c1-2-13-9(12)7-4-3-6(11)5-8(7)10/h3-5,11H,2,10H2,1H3. The van der Waals surface area contributed by atoms with Crippen LogP contribution in [0.4, 0.5) is 5.69 Å². The second-order valence-corrected chi connectivity index (χ2v) is 2.49. The maximum Gasteiger partial charge on any atom is 0.340 e. The van der Waals surface area contributed by atoms with E-state index in [1.807, 2.05) is 0 Å². The predicted molar refractivity (Wildman–Crippen MR) is 48.5 cm³/mol. The van der Waals surface area contributed by atoms with Crippen LogP contribution in [0.15, 0.2) is 18.2 Å². The number of carbonyl (C=O) groups excluding carboxylic acids is 1. The second-order valence-electron chi connectivity index (χ2n) is 2.49. The van der Waals surface area contributed by atoms with Gasteiger partial charge in [0, 0.05) is 11.8 Å². The van der Waals surface area contributed by atoms with Gasteiger partial charge in [0.05, 0.1) is 12.2 Å². The summed E-state index contributed by atoms with van der Waals surface area (Å²) < 4.78 is 4.75. The number of carbonyl (C=O) groups is 1. The molecule has 0 aliphatic rings. The van der Waals surface area contributed by atoms with Crippen molar-refractivity contribution in [1.29, 1.82) is 0 Å². The first kappa shape index (κ1) is 9.38. The van der Waals surface area contributed by atoms with Crippen molar-refractivity contribution < 1.29 is 14.6 Å². The minimum absolute atomic E-state index is 0.0329. The lowest BCUT2D eigenvalue weighted by Crippen LogP contribution is -2.07. The molecule has 13 heavy (non-hydrogen) atoms. The van der Waals surface area contributed by atoms with Crippen molar-refractivity contribution in [2.45, 2.75) is 6.92 Å². The summed E-state index contributed by atoms with van der Waals surface area (Å²) in [6.07, 6.45) is 0. The van der Waals surface area contributed by atoms with Gasteiger partial charge in [-0.15, -0.1) is 0 Å². The first-order valence-electron chi connectivity index (χ1n) is 3.90. The SMILES string of the molecule is CCOC(=O)c1ccc(O)cc1N. The highest BCUT2D eigenvalue weighted by atomic mass is 16.5. The third-order valence-corrected chi connectivity index (χ3v) is 1.53. The topological polar surface area (TPSA) is 72.5 Å². The smallest absolute Gasteiger partial charge is 0.340 e. The van der Waals surface area contributed by atoms with E-state index in [4.69, 9.17) is 15.6 Å². The van der Waals surface area contributed by atoms with E-state index in [9.17, 15) is 4.79 Å². The summed E-state index contributed by atoms with van der Waals surface area (Å²) in [5.74, 6) is -0.439. The van der Waals surface area contributed by atoms with Crippen molar-refractivity contribution in [3.8, 4) is 5.75 Å². The minimum Gasteiger partial charge on any atom is -0.508 e. The highest BCUT2D eigenvalue weighted by molar-refractivity contribution is 5.95. The molecule has 0 fully saturated rings. The molecular formula is C9H11NO3. The number of anilines is 1. The number of phenolic OH excluding ortho intramolecular Hbond substituents is 1. The predicted octanol–water partition coefficient (Wildman–Crippen LogP) is 1.15. The third kappa shape index (κ3) is 2.11. The van der Waals surface area contributed by atoms with E-state index in [1.54, 1.807) is 6.92 Å². The number of benzene rings is 1. The fourth-order valence-electron chi connectivity index (χ4n) is 0.945. The summed E-state index contributed by atoms with van der Waals surface area (Å²) in [7, 11) is 0. The van der Waals surface area contributed by atoms with E-state index in [1.165, 1.54) is 18.2 Å². The molecule has 1 rings (SSSR count). The third-order valence-electron chi connectivity index (χ3n) is 1.53. The number of hydrogen-bond donors (Lipinski definition) is 2. The van der Waals surface area contributed by atoms with Crippen LogP contribution in [0.3, 0.4) is 0 Å². The van der Waals surface area contributed by atoms with Gasteiger partial charge in [-0.1, -0.05) is 0 Å². The molecule has 0 aliphatic carbocycles. The average molecular weight is 181 g/mol. The average Bonchev–Trinajstić information content (AvgIpc) is 2.04. The van der Waals surface area contributed by atoms with Crippen LogP contribution in [0.25, 0.3) is 0 Å². The van der Waals surface area contributed by atoms with Crippen LogP contribution < -0.4 is 5.73 Å². The zero-order valence-electron chi connectivity index (χ0n) is 7.28. The minimum atomic E-state index is -0.472. The number of phenols is 1. The molecule has 0 saturated heterocycles. The lowest BCUT2D eigenvalue weighted by molar-refractivity contribution is 0.0527. The fraction of sp³-hybridized carbons (Fsp3) is 0.222. The van der Waals surface area contributed by atoms with Gasteiger partial charge >= 0.3 is 5.97 Å². The van der Waals surface area contributed by atoms with Crippen LogP contribution in [0, 0.1) is 0 Å². The van der Waals surface area contributed by atoms with Gasteiger partial charge < -0.3 is 15.6 Å². The maximum atomic E-state index is 11.2. The molecule has 0 unspecified atom stereocenters. The molecule has 0 amide bonds. The molecule has 0 heterocycles. The van der Waals surface area contributed by atoms with Gasteiger partial charge in [-0.2, -0.15) is 0 Å². The van der Waals surface area contributed by atoms with Gasteiger partial charge in [0.15, 0.2) is 0 Å². The van der Waals surface area contributed by atoms with Crippen molar-refractivity contribution in [1.82, 2.24) is 0 Å².